The highest BCUT2D eigenvalue weighted by Gasteiger charge is 2.16. The van der Waals surface area contributed by atoms with Crippen LogP contribution in [0.5, 0.6) is 11.5 Å². The largest absolute Gasteiger partial charge is 0.493 e. The summed E-state index contributed by atoms with van der Waals surface area (Å²) in [7, 11) is 0. The van der Waals surface area contributed by atoms with Gasteiger partial charge in [0.15, 0.2) is 17.7 Å². The topological polar surface area (TPSA) is 90.7 Å². The van der Waals surface area contributed by atoms with Crippen molar-refractivity contribution in [2.75, 3.05) is 11.9 Å². The van der Waals surface area contributed by atoms with E-state index in [0.717, 1.165) is 12.1 Å². The molecule has 2 amide bonds. The van der Waals surface area contributed by atoms with Gasteiger partial charge in [0.2, 0.25) is 5.91 Å². The van der Waals surface area contributed by atoms with E-state index in [-0.39, 0.29) is 18.8 Å². The van der Waals surface area contributed by atoms with Gasteiger partial charge in [-0.15, -0.1) is 0 Å². The van der Waals surface area contributed by atoms with Crippen molar-refractivity contribution in [1.82, 2.24) is 0 Å². The molecule has 2 rings (SSSR count). The van der Waals surface area contributed by atoms with Gasteiger partial charge in [0.05, 0.1) is 13.0 Å². The molecule has 0 aliphatic heterocycles. The summed E-state index contributed by atoms with van der Waals surface area (Å²) in [6, 6.07) is 9.50. The average Bonchev–Trinajstić information content (AvgIpc) is 2.59. The molecule has 0 fully saturated rings. The Morgan fingerprint density at radius 2 is 1.73 bits per heavy atom. The van der Waals surface area contributed by atoms with Crippen LogP contribution >= 0.6 is 0 Å². The number of carbonyl (C=O) groups excluding carboxylic acids is 2. The smallest absolute Gasteiger partial charge is 0.265 e. The van der Waals surface area contributed by atoms with Crippen molar-refractivity contribution in [3.63, 3.8) is 0 Å². The van der Waals surface area contributed by atoms with E-state index in [9.17, 15) is 18.4 Å². The predicted molar refractivity (Wildman–Crippen MR) is 90.8 cm³/mol. The van der Waals surface area contributed by atoms with Crippen LogP contribution in [0.15, 0.2) is 42.5 Å². The van der Waals surface area contributed by atoms with E-state index >= 15 is 0 Å². The lowest BCUT2D eigenvalue weighted by Crippen LogP contribution is -2.30. The van der Waals surface area contributed by atoms with E-state index in [1.54, 1.807) is 24.3 Å². The predicted octanol–water partition coefficient (Wildman–Crippen LogP) is 2.62. The number of carbonyl (C=O) groups is 2. The third-order valence-electron chi connectivity index (χ3n) is 3.31. The van der Waals surface area contributed by atoms with Crippen LogP contribution in [0, 0.1) is 11.6 Å². The lowest BCUT2D eigenvalue weighted by molar-refractivity contribution is -0.122. The van der Waals surface area contributed by atoms with Crippen LogP contribution in [0.4, 0.5) is 14.5 Å². The maximum absolute atomic E-state index is 13.2. The van der Waals surface area contributed by atoms with Gasteiger partial charge in [-0.3, -0.25) is 9.59 Å². The molecule has 0 radical (unpaired) electrons. The lowest BCUT2D eigenvalue weighted by Gasteiger charge is -2.15. The van der Waals surface area contributed by atoms with Crippen LogP contribution in [-0.2, 0) is 9.59 Å². The van der Waals surface area contributed by atoms with Crippen molar-refractivity contribution in [2.24, 2.45) is 5.73 Å². The Morgan fingerprint density at radius 1 is 1.08 bits per heavy atom. The first-order valence-corrected chi connectivity index (χ1v) is 7.79. The number of anilines is 1. The maximum Gasteiger partial charge on any atom is 0.265 e. The number of ether oxygens (including phenoxy) is 2. The fourth-order valence-electron chi connectivity index (χ4n) is 1.96. The van der Waals surface area contributed by atoms with E-state index in [2.05, 4.69) is 5.32 Å². The number of hydrogen-bond acceptors (Lipinski definition) is 4. The highest BCUT2D eigenvalue weighted by atomic mass is 19.2. The van der Waals surface area contributed by atoms with Crippen molar-refractivity contribution < 1.29 is 27.8 Å². The molecule has 1 atom stereocenters. The Kier molecular flexibility index (Phi) is 6.48. The standard InChI is InChI=1S/C18H18F2N2O4/c1-11(26-14-6-7-15(19)16(20)10-14)18(24)22-12-2-4-13(5-3-12)25-9-8-17(21)23/h2-7,10-11H,8-9H2,1H3,(H2,21,23)(H,22,24). The molecule has 2 aromatic rings. The summed E-state index contributed by atoms with van der Waals surface area (Å²) in [4.78, 5) is 22.8. The molecule has 6 nitrogen and oxygen atoms in total. The number of benzene rings is 2. The summed E-state index contributed by atoms with van der Waals surface area (Å²) in [5.41, 5.74) is 5.52. The van der Waals surface area contributed by atoms with Crippen molar-refractivity contribution in [2.45, 2.75) is 19.4 Å². The highest BCUT2D eigenvalue weighted by Crippen LogP contribution is 2.19. The normalized spacial score (nSPS) is 11.5. The molecule has 3 N–H and O–H groups in total. The molecule has 0 bridgehead atoms. The minimum Gasteiger partial charge on any atom is -0.493 e. The first kappa shape index (κ1) is 19.2. The number of nitrogens with two attached hydrogens (primary N) is 1. The second-order valence-electron chi connectivity index (χ2n) is 5.41. The first-order chi connectivity index (χ1) is 12.3. The summed E-state index contributed by atoms with van der Waals surface area (Å²) in [6.07, 6.45) is -0.816. The summed E-state index contributed by atoms with van der Waals surface area (Å²) in [5, 5.41) is 2.63. The van der Waals surface area contributed by atoms with Gasteiger partial charge in [0.25, 0.3) is 5.91 Å². The van der Waals surface area contributed by atoms with Gasteiger partial charge < -0.3 is 20.5 Å². The van der Waals surface area contributed by atoms with E-state index in [1.807, 2.05) is 0 Å². The number of rotatable bonds is 8. The van der Waals surface area contributed by atoms with Crippen molar-refractivity contribution in [1.29, 1.82) is 0 Å². The minimum atomic E-state index is -1.05. The fourth-order valence-corrected chi connectivity index (χ4v) is 1.96. The summed E-state index contributed by atoms with van der Waals surface area (Å²) in [5.74, 6) is -2.39. The zero-order valence-electron chi connectivity index (χ0n) is 14.0. The molecule has 2 aromatic carbocycles. The molecular formula is C18H18F2N2O4. The number of nitrogens with one attached hydrogen (secondary N) is 1. The second kappa shape index (κ2) is 8.80. The van der Waals surface area contributed by atoms with Gasteiger partial charge in [0, 0.05) is 11.8 Å². The number of amides is 2. The number of primary amides is 1. The van der Waals surface area contributed by atoms with Gasteiger partial charge >= 0.3 is 0 Å². The molecule has 0 spiro atoms. The summed E-state index contributed by atoms with van der Waals surface area (Å²) >= 11 is 0. The van der Waals surface area contributed by atoms with Gasteiger partial charge in [-0.1, -0.05) is 0 Å². The van der Waals surface area contributed by atoms with Crippen LogP contribution in [0.1, 0.15) is 13.3 Å². The van der Waals surface area contributed by atoms with Gasteiger partial charge in [-0.05, 0) is 43.3 Å². The van der Waals surface area contributed by atoms with Crippen LogP contribution in [0.3, 0.4) is 0 Å². The Morgan fingerprint density at radius 3 is 2.35 bits per heavy atom. The highest BCUT2D eigenvalue weighted by molar-refractivity contribution is 5.94. The quantitative estimate of drug-likeness (QED) is 0.753. The zero-order valence-corrected chi connectivity index (χ0v) is 14.0. The van der Waals surface area contributed by atoms with Gasteiger partial charge in [-0.25, -0.2) is 8.78 Å². The third-order valence-corrected chi connectivity index (χ3v) is 3.31. The van der Waals surface area contributed by atoms with E-state index < -0.39 is 29.6 Å². The van der Waals surface area contributed by atoms with Crippen LogP contribution in [-0.4, -0.2) is 24.5 Å². The summed E-state index contributed by atoms with van der Waals surface area (Å²) < 4.78 is 36.7. The zero-order chi connectivity index (χ0) is 19.1. The minimum absolute atomic E-state index is 0.0461. The average molecular weight is 364 g/mol. The molecule has 0 aromatic heterocycles. The molecule has 0 aliphatic rings. The Bertz CT molecular complexity index is 781. The fraction of sp³-hybridized carbons (Fsp3) is 0.222. The first-order valence-electron chi connectivity index (χ1n) is 7.79. The van der Waals surface area contributed by atoms with Crippen molar-refractivity contribution in [3.8, 4) is 11.5 Å². The molecule has 26 heavy (non-hydrogen) atoms. The molecular weight excluding hydrogens is 346 g/mol. The molecule has 0 heterocycles. The SMILES string of the molecule is CC(Oc1ccc(F)c(F)c1)C(=O)Nc1ccc(OCCC(N)=O)cc1. The van der Waals surface area contributed by atoms with Gasteiger partial charge in [-0.2, -0.15) is 0 Å². The Balaban J connectivity index is 1.87. The molecule has 0 aliphatic carbocycles. The van der Waals surface area contributed by atoms with E-state index in [1.165, 1.54) is 13.0 Å². The van der Waals surface area contributed by atoms with Crippen LogP contribution in [0.25, 0.3) is 0 Å². The third kappa shape index (κ3) is 5.73. The van der Waals surface area contributed by atoms with Crippen molar-refractivity contribution >= 4 is 17.5 Å². The Labute approximate surface area is 148 Å². The molecule has 1 unspecified atom stereocenters. The second-order valence-corrected chi connectivity index (χ2v) is 5.41. The van der Waals surface area contributed by atoms with Gasteiger partial charge in [0.1, 0.15) is 11.5 Å². The lowest BCUT2D eigenvalue weighted by atomic mass is 10.2. The molecule has 8 heteroatoms. The Hall–Kier alpha value is -3.16. The maximum atomic E-state index is 13.2. The molecule has 138 valence electrons. The monoisotopic (exact) mass is 364 g/mol. The molecule has 0 saturated carbocycles. The van der Waals surface area contributed by atoms with Crippen LogP contribution in [0.2, 0.25) is 0 Å². The number of hydrogen-bond donors (Lipinski definition) is 2. The van der Waals surface area contributed by atoms with Crippen molar-refractivity contribution in [3.05, 3.63) is 54.1 Å². The summed E-state index contributed by atoms with van der Waals surface area (Å²) in [6.45, 7) is 1.65. The van der Waals surface area contributed by atoms with E-state index in [4.69, 9.17) is 15.2 Å². The van der Waals surface area contributed by atoms with E-state index in [0.29, 0.717) is 11.4 Å². The molecule has 0 saturated heterocycles. The number of halogens is 2. The van der Waals surface area contributed by atoms with Crippen LogP contribution < -0.4 is 20.5 Å².